The minimum Gasteiger partial charge on any atom is -0.493 e. The zero-order chi connectivity index (χ0) is 25.1. The zero-order valence-corrected chi connectivity index (χ0v) is 21.3. The maximum Gasteiger partial charge on any atom is 0.258 e. The average molecular weight is 491 g/mol. The van der Waals surface area contributed by atoms with Gasteiger partial charge in [-0.2, -0.15) is 0 Å². The van der Waals surface area contributed by atoms with Gasteiger partial charge >= 0.3 is 0 Å². The summed E-state index contributed by atoms with van der Waals surface area (Å²) in [4.78, 5) is 30.1. The van der Waals surface area contributed by atoms with Gasteiger partial charge < -0.3 is 14.5 Å². The highest BCUT2D eigenvalue weighted by atomic mass is 35.5. The van der Waals surface area contributed by atoms with E-state index in [1.54, 1.807) is 24.0 Å². The second kappa shape index (κ2) is 10.5. The van der Waals surface area contributed by atoms with Crippen LogP contribution in [0.5, 0.6) is 5.75 Å². The molecule has 2 amide bonds. The minimum atomic E-state index is -0.198. The average Bonchev–Trinajstić information content (AvgIpc) is 2.84. The largest absolute Gasteiger partial charge is 0.493 e. The van der Waals surface area contributed by atoms with Gasteiger partial charge in [-0.25, -0.2) is 0 Å². The SMILES string of the molecule is CC(=O)N(c1ccc(Cl)cc1)[C@H]1C[C@@H](C)N(C(=O)c2ccc(OCC(C)C)cc2)c2ccccc21. The lowest BCUT2D eigenvalue weighted by atomic mass is 9.89. The third-order valence-electron chi connectivity index (χ3n) is 6.22. The Balaban J connectivity index is 1.66. The van der Waals surface area contributed by atoms with Crippen LogP contribution in [0.25, 0.3) is 0 Å². The summed E-state index contributed by atoms with van der Waals surface area (Å²) >= 11 is 6.08. The number of anilines is 2. The third-order valence-corrected chi connectivity index (χ3v) is 6.47. The number of benzene rings is 3. The van der Waals surface area contributed by atoms with Crippen molar-refractivity contribution >= 4 is 34.8 Å². The molecule has 0 N–H and O–H groups in total. The van der Waals surface area contributed by atoms with E-state index in [1.165, 1.54) is 0 Å². The number of rotatable bonds is 6. The van der Waals surface area contributed by atoms with E-state index in [4.69, 9.17) is 16.3 Å². The Kier molecular flexibility index (Phi) is 7.46. The van der Waals surface area contributed by atoms with E-state index < -0.39 is 0 Å². The topological polar surface area (TPSA) is 49.9 Å². The number of nitrogens with zero attached hydrogens (tertiary/aromatic N) is 2. The summed E-state index contributed by atoms with van der Waals surface area (Å²) in [5, 5.41) is 0.618. The van der Waals surface area contributed by atoms with Crippen molar-refractivity contribution < 1.29 is 14.3 Å². The van der Waals surface area contributed by atoms with E-state index in [0.29, 0.717) is 29.5 Å². The van der Waals surface area contributed by atoms with Gasteiger partial charge in [0.05, 0.1) is 12.6 Å². The molecule has 0 saturated heterocycles. The molecular formula is C29H31ClN2O3. The number of hydrogen-bond acceptors (Lipinski definition) is 3. The van der Waals surface area contributed by atoms with E-state index in [9.17, 15) is 9.59 Å². The highest BCUT2D eigenvalue weighted by Gasteiger charge is 2.38. The van der Waals surface area contributed by atoms with Gasteiger partial charge in [-0.15, -0.1) is 0 Å². The van der Waals surface area contributed by atoms with E-state index >= 15 is 0 Å². The van der Waals surface area contributed by atoms with Crippen LogP contribution < -0.4 is 14.5 Å². The first-order valence-corrected chi connectivity index (χ1v) is 12.3. The molecule has 0 bridgehead atoms. The summed E-state index contributed by atoms with van der Waals surface area (Å²) in [5.74, 6) is 1.05. The van der Waals surface area contributed by atoms with Gasteiger partial charge in [-0.3, -0.25) is 9.59 Å². The van der Waals surface area contributed by atoms with Crippen molar-refractivity contribution in [1.29, 1.82) is 0 Å². The maximum absolute atomic E-state index is 13.7. The number of carbonyl (C=O) groups excluding carboxylic acids is 2. The molecule has 0 aliphatic carbocycles. The zero-order valence-electron chi connectivity index (χ0n) is 20.6. The van der Waals surface area contributed by atoms with Crippen LogP contribution in [0.4, 0.5) is 11.4 Å². The molecule has 1 heterocycles. The molecule has 0 saturated carbocycles. The van der Waals surface area contributed by atoms with Crippen molar-refractivity contribution in [3.05, 3.63) is 88.9 Å². The van der Waals surface area contributed by atoms with E-state index in [-0.39, 0.29) is 23.9 Å². The van der Waals surface area contributed by atoms with Gasteiger partial charge in [0.15, 0.2) is 0 Å². The number of halogens is 1. The van der Waals surface area contributed by atoms with Crippen LogP contribution in [0.2, 0.25) is 5.02 Å². The van der Waals surface area contributed by atoms with Crippen molar-refractivity contribution in [2.45, 2.75) is 46.2 Å². The van der Waals surface area contributed by atoms with Gasteiger partial charge in [0.2, 0.25) is 5.91 Å². The Labute approximate surface area is 212 Å². The van der Waals surface area contributed by atoms with Crippen LogP contribution in [0, 0.1) is 5.92 Å². The monoisotopic (exact) mass is 490 g/mol. The highest BCUT2D eigenvalue weighted by molar-refractivity contribution is 6.30. The lowest BCUT2D eigenvalue weighted by Gasteiger charge is -2.43. The first kappa shape index (κ1) is 24.8. The van der Waals surface area contributed by atoms with Crippen LogP contribution in [-0.2, 0) is 4.79 Å². The number of hydrogen-bond donors (Lipinski definition) is 0. The first-order chi connectivity index (χ1) is 16.8. The third kappa shape index (κ3) is 5.35. The Hall–Kier alpha value is -3.31. The fourth-order valence-electron chi connectivity index (χ4n) is 4.61. The Bertz CT molecular complexity index is 1190. The molecule has 0 aromatic heterocycles. The summed E-state index contributed by atoms with van der Waals surface area (Å²) in [6.07, 6.45) is 0.612. The fraction of sp³-hybridized carbons (Fsp3) is 0.310. The predicted octanol–water partition coefficient (Wildman–Crippen LogP) is 6.91. The van der Waals surface area contributed by atoms with Crippen LogP contribution in [0.15, 0.2) is 72.8 Å². The molecule has 3 aromatic rings. The van der Waals surface area contributed by atoms with Crippen molar-refractivity contribution in [2.75, 3.05) is 16.4 Å². The summed E-state index contributed by atoms with van der Waals surface area (Å²) in [6.45, 7) is 8.43. The van der Waals surface area contributed by atoms with Crippen molar-refractivity contribution in [3.8, 4) is 5.75 Å². The van der Waals surface area contributed by atoms with Gasteiger partial charge in [-0.05, 0) is 79.4 Å². The number of fused-ring (bicyclic) bond motifs is 1. The van der Waals surface area contributed by atoms with Gasteiger partial charge in [0.1, 0.15) is 5.75 Å². The standard InChI is InChI=1S/C29H31ClN2O3/c1-19(2)18-35-25-15-9-22(10-16-25)29(34)31-20(3)17-28(26-7-5-6-8-27(26)31)32(21(4)33)24-13-11-23(30)12-14-24/h5-16,19-20,28H,17-18H2,1-4H3/t20-,28+/m1/s1. The van der Waals surface area contributed by atoms with Crippen LogP contribution in [-0.4, -0.2) is 24.5 Å². The first-order valence-electron chi connectivity index (χ1n) is 12.0. The molecule has 0 unspecified atom stereocenters. The summed E-state index contributed by atoms with van der Waals surface area (Å²) in [7, 11) is 0. The Morgan fingerprint density at radius 1 is 1.03 bits per heavy atom. The minimum absolute atomic E-state index is 0.0592. The van der Waals surface area contributed by atoms with Crippen LogP contribution >= 0.6 is 11.6 Å². The fourth-order valence-corrected chi connectivity index (χ4v) is 4.74. The number of ether oxygens (including phenoxy) is 1. The molecule has 0 fully saturated rings. The molecule has 35 heavy (non-hydrogen) atoms. The summed E-state index contributed by atoms with van der Waals surface area (Å²) in [5.41, 5.74) is 3.15. The Morgan fingerprint density at radius 3 is 2.31 bits per heavy atom. The predicted molar refractivity (Wildman–Crippen MR) is 141 cm³/mol. The molecule has 0 radical (unpaired) electrons. The van der Waals surface area contributed by atoms with Gasteiger partial charge in [0, 0.05) is 34.9 Å². The smallest absolute Gasteiger partial charge is 0.258 e. The lowest BCUT2D eigenvalue weighted by molar-refractivity contribution is -0.117. The van der Waals surface area contributed by atoms with Crippen molar-refractivity contribution in [1.82, 2.24) is 0 Å². The highest BCUT2D eigenvalue weighted by Crippen LogP contribution is 2.42. The van der Waals surface area contributed by atoms with Gasteiger partial charge in [0.25, 0.3) is 5.91 Å². The molecule has 6 heteroatoms. The molecule has 1 aliphatic rings. The quantitative estimate of drug-likeness (QED) is 0.377. The van der Waals surface area contributed by atoms with Crippen LogP contribution in [0.1, 0.15) is 56.1 Å². The lowest BCUT2D eigenvalue weighted by Crippen LogP contribution is -2.47. The second-order valence-corrected chi connectivity index (χ2v) is 9.87. The molecular weight excluding hydrogens is 460 g/mol. The van der Waals surface area contributed by atoms with E-state index in [2.05, 4.69) is 13.8 Å². The second-order valence-electron chi connectivity index (χ2n) is 9.43. The molecule has 182 valence electrons. The summed E-state index contributed by atoms with van der Waals surface area (Å²) in [6, 6.07) is 22.1. The number of carbonyl (C=O) groups is 2. The number of amides is 2. The molecule has 3 aromatic carbocycles. The maximum atomic E-state index is 13.7. The Morgan fingerprint density at radius 2 is 1.69 bits per heavy atom. The molecule has 0 spiro atoms. The molecule has 5 nitrogen and oxygen atoms in total. The van der Waals surface area contributed by atoms with Crippen LogP contribution in [0.3, 0.4) is 0 Å². The summed E-state index contributed by atoms with van der Waals surface area (Å²) < 4.78 is 5.77. The normalized spacial score (nSPS) is 17.1. The molecule has 2 atom stereocenters. The van der Waals surface area contributed by atoms with Crippen molar-refractivity contribution in [2.24, 2.45) is 5.92 Å². The van der Waals surface area contributed by atoms with Gasteiger partial charge in [-0.1, -0.05) is 43.6 Å². The number of para-hydroxylation sites is 1. The molecule has 1 aliphatic heterocycles. The van der Waals surface area contributed by atoms with E-state index in [0.717, 1.165) is 22.7 Å². The van der Waals surface area contributed by atoms with E-state index in [1.807, 2.05) is 72.5 Å². The van der Waals surface area contributed by atoms with Crippen molar-refractivity contribution in [3.63, 3.8) is 0 Å². The molecule has 4 rings (SSSR count).